The molecule has 15 heavy (non-hydrogen) atoms. The summed E-state index contributed by atoms with van der Waals surface area (Å²) >= 11 is 0. The normalized spacial score (nSPS) is 26.5. The van der Waals surface area contributed by atoms with E-state index in [0.717, 1.165) is 0 Å². The van der Waals surface area contributed by atoms with Gasteiger partial charge in [0.25, 0.3) is 0 Å². The Bertz CT molecular complexity index is 337. The van der Waals surface area contributed by atoms with E-state index in [1.54, 1.807) is 0 Å². The lowest BCUT2D eigenvalue weighted by Gasteiger charge is -2.18. The van der Waals surface area contributed by atoms with Crippen LogP contribution in [0.3, 0.4) is 0 Å². The number of nitrogens with one attached hydrogen (secondary N) is 1. The highest BCUT2D eigenvalue weighted by atomic mass is 32.2. The second-order valence-electron chi connectivity index (χ2n) is 4.38. The minimum atomic E-state index is -2.94. The fraction of sp³-hybridized carbons (Fsp3) is 0.889. The van der Waals surface area contributed by atoms with Crippen LogP contribution in [0.1, 0.15) is 20.3 Å². The van der Waals surface area contributed by atoms with E-state index in [9.17, 15) is 13.2 Å². The largest absolute Gasteiger partial charge is 0.351 e. The highest BCUT2D eigenvalue weighted by Crippen LogP contribution is 2.11. The smallest absolute Gasteiger partial charge is 0.237 e. The molecule has 1 fully saturated rings. The monoisotopic (exact) mass is 234 g/mol. The number of nitrogens with two attached hydrogens (primary N) is 1. The number of sulfone groups is 1. The molecule has 0 aromatic rings. The number of carbonyl (C=O) groups is 1. The van der Waals surface area contributed by atoms with Gasteiger partial charge in [0.1, 0.15) is 0 Å². The summed E-state index contributed by atoms with van der Waals surface area (Å²) in [6.45, 7) is 3.71. The van der Waals surface area contributed by atoms with Gasteiger partial charge in [-0.05, 0) is 12.3 Å². The van der Waals surface area contributed by atoms with Gasteiger partial charge < -0.3 is 11.1 Å². The fourth-order valence-corrected chi connectivity index (χ4v) is 3.18. The van der Waals surface area contributed by atoms with Crippen LogP contribution in [0.5, 0.6) is 0 Å². The highest BCUT2D eigenvalue weighted by molar-refractivity contribution is 7.91. The van der Waals surface area contributed by atoms with Crippen LogP contribution >= 0.6 is 0 Å². The second-order valence-corrected chi connectivity index (χ2v) is 6.61. The summed E-state index contributed by atoms with van der Waals surface area (Å²) in [5, 5.41) is 2.67. The molecule has 1 rings (SSSR count). The molecule has 1 aliphatic heterocycles. The van der Waals surface area contributed by atoms with Gasteiger partial charge in [0, 0.05) is 6.04 Å². The molecule has 0 aliphatic carbocycles. The van der Waals surface area contributed by atoms with Gasteiger partial charge >= 0.3 is 0 Å². The molecular formula is C9H18N2O3S. The van der Waals surface area contributed by atoms with Crippen LogP contribution in [0.25, 0.3) is 0 Å². The molecule has 6 heteroatoms. The topological polar surface area (TPSA) is 89.3 Å². The summed E-state index contributed by atoms with van der Waals surface area (Å²) in [6.07, 6.45) is 0.499. The zero-order valence-corrected chi connectivity index (χ0v) is 9.88. The Morgan fingerprint density at radius 2 is 2.07 bits per heavy atom. The molecule has 1 amide bonds. The van der Waals surface area contributed by atoms with Crippen molar-refractivity contribution in [1.82, 2.24) is 5.32 Å². The molecule has 2 unspecified atom stereocenters. The summed E-state index contributed by atoms with van der Waals surface area (Å²) in [4.78, 5) is 11.5. The van der Waals surface area contributed by atoms with Gasteiger partial charge in [-0.25, -0.2) is 8.42 Å². The first kappa shape index (κ1) is 12.4. The van der Waals surface area contributed by atoms with Crippen molar-refractivity contribution in [3.05, 3.63) is 0 Å². The summed E-state index contributed by atoms with van der Waals surface area (Å²) < 4.78 is 22.3. The lowest BCUT2D eigenvalue weighted by Crippen LogP contribution is -2.48. The maximum absolute atomic E-state index is 11.5. The summed E-state index contributed by atoms with van der Waals surface area (Å²) in [7, 11) is -2.94. The van der Waals surface area contributed by atoms with Crippen molar-refractivity contribution < 1.29 is 13.2 Å². The average molecular weight is 234 g/mol. The molecule has 3 N–H and O–H groups in total. The molecule has 2 atom stereocenters. The van der Waals surface area contributed by atoms with E-state index in [1.165, 1.54) is 0 Å². The van der Waals surface area contributed by atoms with Crippen molar-refractivity contribution in [3.63, 3.8) is 0 Å². The minimum Gasteiger partial charge on any atom is -0.351 e. The van der Waals surface area contributed by atoms with Crippen molar-refractivity contribution >= 4 is 15.7 Å². The van der Waals surface area contributed by atoms with Gasteiger partial charge in [-0.3, -0.25) is 4.79 Å². The van der Waals surface area contributed by atoms with Crippen LogP contribution < -0.4 is 11.1 Å². The van der Waals surface area contributed by atoms with E-state index in [0.29, 0.717) is 6.42 Å². The Morgan fingerprint density at radius 3 is 2.47 bits per heavy atom. The van der Waals surface area contributed by atoms with E-state index >= 15 is 0 Å². The zero-order chi connectivity index (χ0) is 11.6. The van der Waals surface area contributed by atoms with Gasteiger partial charge in [0.2, 0.25) is 5.91 Å². The third-order valence-corrected chi connectivity index (χ3v) is 4.37. The third-order valence-electron chi connectivity index (χ3n) is 2.60. The van der Waals surface area contributed by atoms with Crippen molar-refractivity contribution in [2.75, 3.05) is 11.5 Å². The van der Waals surface area contributed by atoms with Crippen molar-refractivity contribution in [1.29, 1.82) is 0 Å². The van der Waals surface area contributed by atoms with Gasteiger partial charge in [-0.15, -0.1) is 0 Å². The van der Waals surface area contributed by atoms with Gasteiger partial charge in [0.05, 0.1) is 17.5 Å². The average Bonchev–Trinajstić information content (AvgIpc) is 2.43. The lowest BCUT2D eigenvalue weighted by molar-refractivity contribution is -0.123. The number of hydrogen-bond acceptors (Lipinski definition) is 4. The van der Waals surface area contributed by atoms with Crippen molar-refractivity contribution in [3.8, 4) is 0 Å². The molecule has 1 saturated heterocycles. The first-order valence-electron chi connectivity index (χ1n) is 5.08. The molecular weight excluding hydrogens is 216 g/mol. The maximum Gasteiger partial charge on any atom is 0.237 e. The SMILES string of the molecule is CC(C)C(N)C(=O)NC1CCS(=O)(=O)C1. The molecule has 88 valence electrons. The van der Waals surface area contributed by atoms with Crippen LogP contribution in [0.15, 0.2) is 0 Å². The van der Waals surface area contributed by atoms with Crippen LogP contribution in [0.4, 0.5) is 0 Å². The second kappa shape index (κ2) is 4.49. The van der Waals surface area contributed by atoms with Crippen LogP contribution in [0, 0.1) is 5.92 Å². The first-order chi connectivity index (χ1) is 6.82. The van der Waals surface area contributed by atoms with Gasteiger partial charge in [-0.2, -0.15) is 0 Å². The molecule has 0 saturated carbocycles. The Kier molecular flexibility index (Phi) is 3.72. The van der Waals surface area contributed by atoms with E-state index in [1.807, 2.05) is 13.8 Å². The predicted octanol–water partition coefficient (Wildman–Crippen LogP) is -0.727. The number of carbonyl (C=O) groups excluding carboxylic acids is 1. The predicted molar refractivity (Wildman–Crippen MR) is 58.0 cm³/mol. The Morgan fingerprint density at radius 1 is 1.47 bits per heavy atom. The molecule has 0 aromatic carbocycles. The highest BCUT2D eigenvalue weighted by Gasteiger charge is 2.30. The van der Waals surface area contributed by atoms with Gasteiger partial charge in [-0.1, -0.05) is 13.8 Å². The Hall–Kier alpha value is -0.620. The van der Waals surface area contributed by atoms with Crippen molar-refractivity contribution in [2.45, 2.75) is 32.4 Å². The zero-order valence-electron chi connectivity index (χ0n) is 9.06. The Labute approximate surface area is 90.3 Å². The quantitative estimate of drug-likeness (QED) is 0.674. The molecule has 0 radical (unpaired) electrons. The number of hydrogen-bond donors (Lipinski definition) is 2. The molecule has 5 nitrogen and oxygen atoms in total. The number of amides is 1. The molecule has 0 aromatic heterocycles. The molecule has 1 aliphatic rings. The van der Waals surface area contributed by atoms with E-state index in [2.05, 4.69) is 5.32 Å². The summed E-state index contributed by atoms with van der Waals surface area (Å²) in [5.74, 6) is 0.00779. The third kappa shape index (κ3) is 3.46. The minimum absolute atomic E-state index is 0.0452. The van der Waals surface area contributed by atoms with E-state index < -0.39 is 15.9 Å². The van der Waals surface area contributed by atoms with E-state index in [-0.39, 0.29) is 29.4 Å². The van der Waals surface area contributed by atoms with Gasteiger partial charge in [0.15, 0.2) is 9.84 Å². The van der Waals surface area contributed by atoms with Crippen LogP contribution in [-0.4, -0.2) is 37.9 Å². The maximum atomic E-state index is 11.5. The molecule has 0 spiro atoms. The fourth-order valence-electron chi connectivity index (χ4n) is 1.51. The Balaban J connectivity index is 2.47. The van der Waals surface area contributed by atoms with Crippen molar-refractivity contribution in [2.24, 2.45) is 11.7 Å². The first-order valence-corrected chi connectivity index (χ1v) is 6.90. The van der Waals surface area contributed by atoms with E-state index in [4.69, 9.17) is 5.73 Å². The standard InChI is InChI=1S/C9H18N2O3S/c1-6(2)8(10)9(12)11-7-3-4-15(13,14)5-7/h6-8H,3-5,10H2,1-2H3,(H,11,12). The number of rotatable bonds is 3. The van der Waals surface area contributed by atoms with Crippen LogP contribution in [0.2, 0.25) is 0 Å². The van der Waals surface area contributed by atoms with Crippen LogP contribution in [-0.2, 0) is 14.6 Å². The molecule has 0 bridgehead atoms. The molecule has 1 heterocycles. The lowest BCUT2D eigenvalue weighted by atomic mass is 10.0. The summed E-state index contributed by atoms with van der Waals surface area (Å²) in [6, 6.07) is -0.819. The summed E-state index contributed by atoms with van der Waals surface area (Å²) in [5.41, 5.74) is 5.64.